The Morgan fingerprint density at radius 2 is 1.88 bits per heavy atom. The summed E-state index contributed by atoms with van der Waals surface area (Å²) in [6, 6.07) is 7.16. The predicted molar refractivity (Wildman–Crippen MR) is 90.3 cm³/mol. The Kier molecular flexibility index (Phi) is 5.94. The molecule has 6 nitrogen and oxygen atoms in total. The van der Waals surface area contributed by atoms with E-state index in [1.807, 2.05) is 0 Å². The Labute approximate surface area is 147 Å². The molecule has 3 rings (SSSR count). The maximum absolute atomic E-state index is 12.0. The van der Waals surface area contributed by atoms with Gasteiger partial charge in [0.15, 0.2) is 5.79 Å². The second-order valence-electron chi connectivity index (χ2n) is 6.04. The second kappa shape index (κ2) is 8.16. The number of rotatable bonds is 6. The average Bonchev–Trinajstić information content (AvgIpc) is 3.04. The van der Waals surface area contributed by atoms with Crippen molar-refractivity contribution in [3.63, 3.8) is 0 Å². The molecule has 2 fully saturated rings. The summed E-state index contributed by atoms with van der Waals surface area (Å²) >= 11 is 5.81. The van der Waals surface area contributed by atoms with E-state index in [0.717, 1.165) is 31.7 Å². The molecule has 1 aromatic carbocycles. The van der Waals surface area contributed by atoms with Gasteiger partial charge in [-0.2, -0.15) is 0 Å². The molecule has 132 valence electrons. The van der Waals surface area contributed by atoms with Gasteiger partial charge in [0, 0.05) is 31.0 Å². The van der Waals surface area contributed by atoms with Gasteiger partial charge in [0.1, 0.15) is 12.4 Å². The summed E-state index contributed by atoms with van der Waals surface area (Å²) in [4.78, 5) is 14.1. The van der Waals surface area contributed by atoms with Crippen LogP contribution in [0.15, 0.2) is 24.3 Å². The number of carbonyl (C=O) groups is 1. The van der Waals surface area contributed by atoms with E-state index in [-0.39, 0.29) is 11.7 Å². The lowest BCUT2D eigenvalue weighted by Crippen LogP contribution is -2.48. The van der Waals surface area contributed by atoms with E-state index >= 15 is 0 Å². The predicted octanol–water partition coefficient (Wildman–Crippen LogP) is 1.67. The number of hydrogen-bond acceptors (Lipinski definition) is 5. The van der Waals surface area contributed by atoms with Crippen LogP contribution >= 0.6 is 11.6 Å². The minimum atomic E-state index is -0.389. The van der Waals surface area contributed by atoms with Gasteiger partial charge in [-0.3, -0.25) is 9.69 Å². The minimum Gasteiger partial charge on any atom is -0.492 e. The van der Waals surface area contributed by atoms with Gasteiger partial charge in [-0.25, -0.2) is 0 Å². The summed E-state index contributed by atoms with van der Waals surface area (Å²) in [5, 5.41) is 3.55. The normalized spacial score (nSPS) is 20.2. The molecule has 2 saturated heterocycles. The lowest BCUT2D eigenvalue weighted by molar-refractivity contribution is -0.185. The van der Waals surface area contributed by atoms with Crippen molar-refractivity contribution in [3.05, 3.63) is 29.3 Å². The lowest BCUT2D eigenvalue weighted by Gasteiger charge is -2.37. The van der Waals surface area contributed by atoms with Gasteiger partial charge in [0.2, 0.25) is 5.91 Å². The Morgan fingerprint density at radius 1 is 1.21 bits per heavy atom. The summed E-state index contributed by atoms with van der Waals surface area (Å²) in [5.41, 5.74) is 0. The molecule has 0 atom stereocenters. The zero-order valence-corrected chi connectivity index (χ0v) is 14.4. The molecule has 1 N–H and O–H groups in total. The molecule has 1 aromatic rings. The molecule has 0 saturated carbocycles. The SMILES string of the molecule is O=C(CN1CCC2(CC1)OCCO2)NCCOc1ccc(Cl)cc1. The molecule has 1 spiro atoms. The van der Waals surface area contributed by atoms with Crippen LogP contribution in [0.4, 0.5) is 0 Å². The van der Waals surface area contributed by atoms with Gasteiger partial charge in [-0.1, -0.05) is 11.6 Å². The summed E-state index contributed by atoms with van der Waals surface area (Å²) in [5.74, 6) is 0.366. The molecule has 2 aliphatic rings. The highest BCUT2D eigenvalue weighted by Crippen LogP contribution is 2.30. The first-order chi connectivity index (χ1) is 11.7. The van der Waals surface area contributed by atoms with Crippen molar-refractivity contribution in [2.24, 2.45) is 0 Å². The van der Waals surface area contributed by atoms with Crippen molar-refractivity contribution < 1.29 is 19.0 Å². The lowest BCUT2D eigenvalue weighted by atomic mass is 10.0. The number of hydrogen-bond donors (Lipinski definition) is 1. The standard InChI is InChI=1S/C17H23ClN2O4/c18-14-1-3-15(4-2-14)22-10-7-19-16(21)13-20-8-5-17(6-9-20)23-11-12-24-17/h1-4H,5-13H2,(H,19,21). The van der Waals surface area contributed by atoms with Crippen molar-refractivity contribution >= 4 is 17.5 Å². The van der Waals surface area contributed by atoms with E-state index in [1.165, 1.54) is 0 Å². The summed E-state index contributed by atoms with van der Waals surface area (Å²) in [6.07, 6.45) is 1.64. The van der Waals surface area contributed by atoms with Gasteiger partial charge >= 0.3 is 0 Å². The van der Waals surface area contributed by atoms with E-state index in [2.05, 4.69) is 10.2 Å². The Hall–Kier alpha value is -1.34. The molecule has 2 aliphatic heterocycles. The monoisotopic (exact) mass is 354 g/mol. The molecule has 0 radical (unpaired) electrons. The summed E-state index contributed by atoms with van der Waals surface area (Å²) in [6.45, 7) is 4.28. The summed E-state index contributed by atoms with van der Waals surface area (Å²) < 4.78 is 16.9. The van der Waals surface area contributed by atoms with Gasteiger partial charge in [0.25, 0.3) is 0 Å². The second-order valence-corrected chi connectivity index (χ2v) is 6.47. The number of piperidine rings is 1. The van der Waals surface area contributed by atoms with Gasteiger partial charge < -0.3 is 19.5 Å². The maximum atomic E-state index is 12.0. The molecule has 1 amide bonds. The highest BCUT2D eigenvalue weighted by atomic mass is 35.5. The minimum absolute atomic E-state index is 0.0129. The number of halogens is 1. The van der Waals surface area contributed by atoms with Crippen LogP contribution in [0.2, 0.25) is 5.02 Å². The van der Waals surface area contributed by atoms with Crippen LogP contribution in [0.5, 0.6) is 5.75 Å². The van der Waals surface area contributed by atoms with E-state index in [9.17, 15) is 4.79 Å². The van der Waals surface area contributed by atoms with Crippen molar-refractivity contribution in [1.82, 2.24) is 10.2 Å². The Bertz CT molecular complexity index is 536. The third-order valence-corrected chi connectivity index (χ3v) is 4.56. The molecule has 2 heterocycles. The fourth-order valence-electron chi connectivity index (χ4n) is 2.99. The number of carbonyl (C=O) groups excluding carboxylic acids is 1. The number of amides is 1. The number of nitrogens with zero attached hydrogens (tertiary/aromatic N) is 1. The molecule has 7 heteroatoms. The van der Waals surface area contributed by atoms with E-state index < -0.39 is 0 Å². The third-order valence-electron chi connectivity index (χ3n) is 4.31. The molecule has 0 unspecified atom stereocenters. The first-order valence-electron chi connectivity index (χ1n) is 8.31. The number of ether oxygens (including phenoxy) is 3. The first-order valence-corrected chi connectivity index (χ1v) is 8.68. The van der Waals surface area contributed by atoms with Gasteiger partial charge in [-0.05, 0) is 24.3 Å². The molecular weight excluding hydrogens is 332 g/mol. The number of nitrogens with one attached hydrogen (secondary N) is 1. The van der Waals surface area contributed by atoms with Gasteiger partial charge in [0.05, 0.1) is 26.3 Å². The van der Waals surface area contributed by atoms with Crippen LogP contribution in [0.1, 0.15) is 12.8 Å². The van der Waals surface area contributed by atoms with Gasteiger partial charge in [-0.15, -0.1) is 0 Å². The van der Waals surface area contributed by atoms with Crippen molar-refractivity contribution in [2.45, 2.75) is 18.6 Å². The smallest absolute Gasteiger partial charge is 0.234 e. The zero-order chi connectivity index (χ0) is 16.8. The van der Waals surface area contributed by atoms with Crippen LogP contribution in [0.3, 0.4) is 0 Å². The van der Waals surface area contributed by atoms with Crippen LogP contribution in [-0.4, -0.2) is 62.6 Å². The summed E-state index contributed by atoms with van der Waals surface area (Å²) in [7, 11) is 0. The van der Waals surface area contributed by atoms with Crippen molar-refractivity contribution in [3.8, 4) is 5.75 Å². The van der Waals surface area contributed by atoms with Crippen molar-refractivity contribution in [1.29, 1.82) is 0 Å². The zero-order valence-electron chi connectivity index (χ0n) is 13.6. The molecule has 24 heavy (non-hydrogen) atoms. The van der Waals surface area contributed by atoms with E-state index in [0.29, 0.717) is 37.9 Å². The van der Waals surface area contributed by atoms with Crippen LogP contribution in [0.25, 0.3) is 0 Å². The number of benzene rings is 1. The Morgan fingerprint density at radius 3 is 2.54 bits per heavy atom. The van der Waals surface area contributed by atoms with Crippen molar-refractivity contribution in [2.75, 3.05) is 46.0 Å². The molecule has 0 bridgehead atoms. The topological polar surface area (TPSA) is 60.0 Å². The number of likely N-dealkylation sites (tertiary alicyclic amines) is 1. The van der Waals surface area contributed by atoms with Crippen LogP contribution < -0.4 is 10.1 Å². The Balaban J connectivity index is 1.29. The fraction of sp³-hybridized carbons (Fsp3) is 0.588. The highest BCUT2D eigenvalue weighted by molar-refractivity contribution is 6.30. The average molecular weight is 355 g/mol. The first kappa shape index (κ1) is 17.5. The fourth-order valence-corrected chi connectivity index (χ4v) is 3.11. The quantitative estimate of drug-likeness (QED) is 0.787. The maximum Gasteiger partial charge on any atom is 0.234 e. The largest absolute Gasteiger partial charge is 0.492 e. The highest BCUT2D eigenvalue weighted by Gasteiger charge is 2.39. The van der Waals surface area contributed by atoms with Crippen LogP contribution in [0, 0.1) is 0 Å². The molecular formula is C17H23ClN2O4. The van der Waals surface area contributed by atoms with Crippen LogP contribution in [-0.2, 0) is 14.3 Å². The third kappa shape index (κ3) is 4.83. The molecule has 0 aromatic heterocycles. The molecule has 0 aliphatic carbocycles. The van der Waals surface area contributed by atoms with E-state index in [1.54, 1.807) is 24.3 Å². The van der Waals surface area contributed by atoms with E-state index in [4.69, 9.17) is 25.8 Å².